The molecule has 0 amide bonds. The molecule has 0 heterocycles. The van der Waals surface area contributed by atoms with Crippen molar-refractivity contribution in [3.05, 3.63) is 63.4 Å². The molecule has 1 nitrogen and oxygen atoms in total. The molecular formula is C15H13Br2FO. The number of halogens is 3. The third-order valence-corrected chi connectivity index (χ3v) is 4.87. The monoisotopic (exact) mass is 386 g/mol. The first kappa shape index (κ1) is 14.5. The molecule has 2 aromatic carbocycles. The summed E-state index contributed by atoms with van der Waals surface area (Å²) in [6.45, 7) is 2.03. The second-order valence-corrected chi connectivity index (χ2v) is 6.04. The fourth-order valence-electron chi connectivity index (χ4n) is 1.80. The number of rotatable bonds is 3. The summed E-state index contributed by atoms with van der Waals surface area (Å²) < 4.78 is 19.7. The van der Waals surface area contributed by atoms with Gasteiger partial charge in [-0.15, -0.1) is 0 Å². The summed E-state index contributed by atoms with van der Waals surface area (Å²) in [4.78, 5) is -0.0511. The SMILES string of the molecule is COc1ccc(C(Br)c2ccc(C)c(Br)c2)cc1F. The number of ether oxygens (including phenoxy) is 1. The summed E-state index contributed by atoms with van der Waals surface area (Å²) in [6, 6.07) is 11.1. The minimum Gasteiger partial charge on any atom is -0.494 e. The molecule has 0 aliphatic carbocycles. The number of methoxy groups -OCH3 is 1. The van der Waals surface area contributed by atoms with Crippen molar-refractivity contribution in [2.45, 2.75) is 11.8 Å². The predicted molar refractivity (Wildman–Crippen MR) is 82.6 cm³/mol. The van der Waals surface area contributed by atoms with E-state index in [1.54, 1.807) is 6.07 Å². The van der Waals surface area contributed by atoms with E-state index in [1.165, 1.54) is 18.7 Å². The van der Waals surface area contributed by atoms with Crippen LogP contribution in [0.5, 0.6) is 5.75 Å². The van der Waals surface area contributed by atoms with Crippen molar-refractivity contribution in [2.24, 2.45) is 0 Å². The van der Waals surface area contributed by atoms with Gasteiger partial charge in [-0.2, -0.15) is 0 Å². The Bertz CT molecular complexity index is 599. The van der Waals surface area contributed by atoms with Gasteiger partial charge in [-0.1, -0.05) is 50.1 Å². The number of hydrogen-bond donors (Lipinski definition) is 0. The maximum absolute atomic E-state index is 13.7. The summed E-state index contributed by atoms with van der Waals surface area (Å²) >= 11 is 7.11. The van der Waals surface area contributed by atoms with Gasteiger partial charge in [-0.25, -0.2) is 4.39 Å². The van der Waals surface area contributed by atoms with Gasteiger partial charge in [0, 0.05) is 4.47 Å². The molecule has 4 heteroatoms. The molecule has 0 aliphatic rings. The predicted octanol–water partition coefficient (Wildman–Crippen LogP) is 5.39. The Morgan fingerprint density at radius 1 is 1.11 bits per heavy atom. The summed E-state index contributed by atoms with van der Waals surface area (Å²) in [7, 11) is 1.46. The second-order valence-electron chi connectivity index (χ2n) is 4.27. The molecule has 0 saturated carbocycles. The van der Waals surface area contributed by atoms with Gasteiger partial charge < -0.3 is 4.74 Å². The smallest absolute Gasteiger partial charge is 0.165 e. The Kier molecular flexibility index (Phi) is 4.63. The molecule has 0 bridgehead atoms. The molecular weight excluding hydrogens is 375 g/mol. The molecule has 0 fully saturated rings. The zero-order valence-electron chi connectivity index (χ0n) is 10.6. The van der Waals surface area contributed by atoms with E-state index in [9.17, 15) is 4.39 Å². The molecule has 0 N–H and O–H groups in total. The van der Waals surface area contributed by atoms with E-state index in [0.29, 0.717) is 0 Å². The highest BCUT2D eigenvalue weighted by Gasteiger charge is 2.13. The molecule has 0 radical (unpaired) electrons. The number of alkyl halides is 1. The first-order chi connectivity index (χ1) is 9.02. The normalized spacial score (nSPS) is 12.3. The van der Waals surface area contributed by atoms with Gasteiger partial charge >= 0.3 is 0 Å². The minimum atomic E-state index is -0.351. The van der Waals surface area contributed by atoms with E-state index in [1.807, 2.05) is 31.2 Å². The van der Waals surface area contributed by atoms with E-state index in [2.05, 4.69) is 31.9 Å². The maximum Gasteiger partial charge on any atom is 0.165 e. The Labute approximate surface area is 129 Å². The van der Waals surface area contributed by atoms with Crippen molar-refractivity contribution in [1.29, 1.82) is 0 Å². The van der Waals surface area contributed by atoms with Crippen LogP contribution in [-0.2, 0) is 0 Å². The molecule has 0 aliphatic heterocycles. The fourth-order valence-corrected chi connectivity index (χ4v) is 2.77. The third-order valence-electron chi connectivity index (χ3n) is 2.96. The fraction of sp³-hybridized carbons (Fsp3) is 0.200. The molecule has 2 rings (SSSR count). The van der Waals surface area contributed by atoms with Gasteiger partial charge in [-0.05, 0) is 41.8 Å². The van der Waals surface area contributed by atoms with Crippen molar-refractivity contribution in [3.8, 4) is 5.75 Å². The Morgan fingerprint density at radius 2 is 1.74 bits per heavy atom. The number of benzene rings is 2. The lowest BCUT2D eigenvalue weighted by atomic mass is 10.0. The van der Waals surface area contributed by atoms with Gasteiger partial charge in [0.1, 0.15) is 0 Å². The summed E-state index contributed by atoms with van der Waals surface area (Å²) in [5, 5.41) is 0. The van der Waals surface area contributed by atoms with Gasteiger partial charge in [0.25, 0.3) is 0 Å². The van der Waals surface area contributed by atoms with E-state index < -0.39 is 0 Å². The van der Waals surface area contributed by atoms with E-state index >= 15 is 0 Å². The summed E-state index contributed by atoms with van der Waals surface area (Å²) in [5.41, 5.74) is 3.10. The standard InChI is InChI=1S/C15H13Br2FO/c1-9-3-4-10(7-12(9)16)15(17)11-5-6-14(19-2)13(18)8-11/h3-8,15H,1-2H3. The Hall–Kier alpha value is -0.870. The highest BCUT2D eigenvalue weighted by Crippen LogP contribution is 2.34. The molecule has 2 aromatic rings. The van der Waals surface area contributed by atoms with Gasteiger partial charge in [-0.3, -0.25) is 0 Å². The van der Waals surface area contributed by atoms with E-state index in [4.69, 9.17) is 4.74 Å². The lowest BCUT2D eigenvalue weighted by Crippen LogP contribution is -1.96. The van der Waals surface area contributed by atoms with Crippen molar-refractivity contribution >= 4 is 31.9 Å². The zero-order chi connectivity index (χ0) is 14.0. The number of aryl methyl sites for hydroxylation is 1. The molecule has 1 unspecified atom stereocenters. The van der Waals surface area contributed by atoms with Crippen LogP contribution in [0.1, 0.15) is 21.5 Å². The molecule has 100 valence electrons. The average Bonchev–Trinajstić information content (AvgIpc) is 2.41. The Balaban J connectivity index is 2.35. The Morgan fingerprint density at radius 3 is 2.32 bits per heavy atom. The largest absolute Gasteiger partial charge is 0.494 e. The molecule has 0 saturated heterocycles. The van der Waals surface area contributed by atoms with Crippen molar-refractivity contribution in [3.63, 3.8) is 0 Å². The highest BCUT2D eigenvalue weighted by atomic mass is 79.9. The lowest BCUT2D eigenvalue weighted by Gasteiger charge is -2.13. The van der Waals surface area contributed by atoms with Crippen LogP contribution in [0.15, 0.2) is 40.9 Å². The van der Waals surface area contributed by atoms with Crippen LogP contribution in [0.3, 0.4) is 0 Å². The van der Waals surface area contributed by atoms with Crippen molar-refractivity contribution in [2.75, 3.05) is 7.11 Å². The lowest BCUT2D eigenvalue weighted by molar-refractivity contribution is 0.386. The molecule has 1 atom stereocenters. The van der Waals surface area contributed by atoms with E-state index in [-0.39, 0.29) is 16.4 Å². The second kappa shape index (κ2) is 6.06. The maximum atomic E-state index is 13.7. The minimum absolute atomic E-state index is 0.0511. The summed E-state index contributed by atoms with van der Waals surface area (Å²) in [6.07, 6.45) is 0. The van der Waals surface area contributed by atoms with Crippen LogP contribution >= 0.6 is 31.9 Å². The van der Waals surface area contributed by atoms with Crippen LogP contribution in [0.4, 0.5) is 4.39 Å². The van der Waals surface area contributed by atoms with E-state index in [0.717, 1.165) is 15.6 Å². The first-order valence-electron chi connectivity index (χ1n) is 5.76. The first-order valence-corrected chi connectivity index (χ1v) is 7.47. The van der Waals surface area contributed by atoms with Crippen LogP contribution in [0.2, 0.25) is 0 Å². The number of hydrogen-bond acceptors (Lipinski definition) is 1. The van der Waals surface area contributed by atoms with Crippen molar-refractivity contribution < 1.29 is 9.13 Å². The molecule has 0 spiro atoms. The average molecular weight is 388 g/mol. The van der Waals surface area contributed by atoms with Crippen LogP contribution in [0, 0.1) is 12.7 Å². The van der Waals surface area contributed by atoms with Gasteiger partial charge in [0.15, 0.2) is 11.6 Å². The highest BCUT2D eigenvalue weighted by molar-refractivity contribution is 9.10. The molecule has 19 heavy (non-hydrogen) atoms. The molecule has 0 aromatic heterocycles. The van der Waals surface area contributed by atoms with Crippen LogP contribution in [0.25, 0.3) is 0 Å². The topological polar surface area (TPSA) is 9.23 Å². The quantitative estimate of drug-likeness (QED) is 0.641. The van der Waals surface area contributed by atoms with Crippen LogP contribution < -0.4 is 4.74 Å². The zero-order valence-corrected chi connectivity index (χ0v) is 13.8. The summed E-state index contributed by atoms with van der Waals surface area (Å²) in [5.74, 6) is -0.0934. The van der Waals surface area contributed by atoms with Crippen molar-refractivity contribution in [1.82, 2.24) is 0 Å². The van der Waals surface area contributed by atoms with Gasteiger partial charge in [0.05, 0.1) is 11.9 Å². The van der Waals surface area contributed by atoms with Gasteiger partial charge in [0.2, 0.25) is 0 Å². The third kappa shape index (κ3) is 3.18. The van der Waals surface area contributed by atoms with Crippen LogP contribution in [-0.4, -0.2) is 7.11 Å².